The Hall–Kier alpha value is -2.21. The van der Waals surface area contributed by atoms with Gasteiger partial charge in [-0.05, 0) is 58.1 Å². The molecule has 1 heterocycles. The smallest absolute Gasteiger partial charge is 0.415 e. The van der Waals surface area contributed by atoms with E-state index in [4.69, 9.17) is 4.74 Å². The summed E-state index contributed by atoms with van der Waals surface area (Å²) in [5.41, 5.74) is 1.19. The van der Waals surface area contributed by atoms with Crippen molar-refractivity contribution in [3.05, 3.63) is 47.7 Å². The SMILES string of the molecule is CC(C)(C)OC(=O)N1CCCCC=C1C#Cc1ccccc1. The number of carbonyl (C=O) groups is 1. The van der Waals surface area contributed by atoms with Gasteiger partial charge in [-0.2, -0.15) is 0 Å². The minimum absolute atomic E-state index is 0.317. The molecule has 2 rings (SSSR count). The summed E-state index contributed by atoms with van der Waals surface area (Å²) in [6, 6.07) is 9.79. The average Bonchev–Trinajstić information content (AvgIpc) is 2.70. The van der Waals surface area contributed by atoms with Crippen molar-refractivity contribution in [1.29, 1.82) is 0 Å². The number of amides is 1. The van der Waals surface area contributed by atoms with Gasteiger partial charge in [0.25, 0.3) is 0 Å². The van der Waals surface area contributed by atoms with Crippen LogP contribution in [0.1, 0.15) is 45.6 Å². The molecule has 0 bridgehead atoms. The Bertz CT molecular complexity index is 600. The maximum Gasteiger partial charge on any atom is 0.415 e. The van der Waals surface area contributed by atoms with E-state index in [-0.39, 0.29) is 6.09 Å². The number of allylic oxidation sites excluding steroid dienone is 2. The second-order valence-corrected chi connectivity index (χ2v) is 6.33. The van der Waals surface area contributed by atoms with E-state index in [2.05, 4.69) is 11.8 Å². The van der Waals surface area contributed by atoms with Gasteiger partial charge in [0, 0.05) is 12.1 Å². The first-order valence-corrected chi connectivity index (χ1v) is 7.73. The fraction of sp³-hybridized carbons (Fsp3) is 0.421. The number of hydrogen-bond donors (Lipinski definition) is 0. The van der Waals surface area contributed by atoms with E-state index in [1.165, 1.54) is 0 Å². The summed E-state index contributed by atoms with van der Waals surface area (Å²) in [6.07, 6.45) is 4.69. The number of rotatable bonds is 0. The molecule has 1 aromatic carbocycles. The fourth-order valence-electron chi connectivity index (χ4n) is 2.17. The Labute approximate surface area is 133 Å². The lowest BCUT2D eigenvalue weighted by Gasteiger charge is -2.26. The number of hydrogen-bond acceptors (Lipinski definition) is 2. The highest BCUT2D eigenvalue weighted by Gasteiger charge is 2.24. The average molecular weight is 297 g/mol. The van der Waals surface area contributed by atoms with Crippen molar-refractivity contribution in [2.75, 3.05) is 6.54 Å². The lowest BCUT2D eigenvalue weighted by atomic mass is 10.2. The maximum absolute atomic E-state index is 12.4. The minimum Gasteiger partial charge on any atom is -0.443 e. The molecule has 1 aliphatic heterocycles. The molecule has 0 saturated carbocycles. The van der Waals surface area contributed by atoms with Crippen LogP contribution in [0.25, 0.3) is 0 Å². The Morgan fingerprint density at radius 3 is 2.55 bits per heavy atom. The zero-order chi connectivity index (χ0) is 16.0. The Morgan fingerprint density at radius 2 is 1.86 bits per heavy atom. The summed E-state index contributed by atoms with van der Waals surface area (Å²) in [5, 5.41) is 0. The van der Waals surface area contributed by atoms with Gasteiger partial charge in [0.2, 0.25) is 0 Å². The molecule has 1 amide bonds. The molecule has 22 heavy (non-hydrogen) atoms. The molecule has 0 unspecified atom stereocenters. The van der Waals surface area contributed by atoms with E-state index in [0.717, 1.165) is 30.5 Å². The molecule has 116 valence electrons. The van der Waals surface area contributed by atoms with Crippen molar-refractivity contribution >= 4 is 6.09 Å². The lowest BCUT2D eigenvalue weighted by Crippen LogP contribution is -2.36. The van der Waals surface area contributed by atoms with Gasteiger partial charge in [-0.1, -0.05) is 30.2 Å². The largest absolute Gasteiger partial charge is 0.443 e. The molecule has 3 nitrogen and oxygen atoms in total. The molecule has 0 N–H and O–H groups in total. The van der Waals surface area contributed by atoms with Crippen molar-refractivity contribution in [3.63, 3.8) is 0 Å². The van der Waals surface area contributed by atoms with Crippen LogP contribution >= 0.6 is 0 Å². The zero-order valence-electron chi connectivity index (χ0n) is 13.6. The van der Waals surface area contributed by atoms with E-state index in [1.807, 2.05) is 57.2 Å². The first kappa shape index (κ1) is 16.2. The van der Waals surface area contributed by atoms with Gasteiger partial charge in [-0.15, -0.1) is 0 Å². The highest BCUT2D eigenvalue weighted by Crippen LogP contribution is 2.18. The fourth-order valence-corrected chi connectivity index (χ4v) is 2.17. The molecule has 3 heteroatoms. The van der Waals surface area contributed by atoms with Crippen LogP contribution in [0, 0.1) is 11.8 Å². The second kappa shape index (κ2) is 7.17. The third-order valence-electron chi connectivity index (χ3n) is 3.19. The van der Waals surface area contributed by atoms with Crippen LogP contribution in [-0.2, 0) is 4.74 Å². The van der Waals surface area contributed by atoms with E-state index < -0.39 is 5.60 Å². The molecule has 0 spiro atoms. The Kier molecular flexibility index (Phi) is 5.27. The Morgan fingerprint density at radius 1 is 1.14 bits per heavy atom. The van der Waals surface area contributed by atoms with Crippen molar-refractivity contribution in [1.82, 2.24) is 4.90 Å². The zero-order valence-corrected chi connectivity index (χ0v) is 13.6. The normalized spacial score (nSPS) is 15.2. The minimum atomic E-state index is -0.499. The third-order valence-corrected chi connectivity index (χ3v) is 3.19. The van der Waals surface area contributed by atoms with Crippen molar-refractivity contribution in [2.45, 2.75) is 45.6 Å². The van der Waals surface area contributed by atoms with Crippen LogP contribution in [0.5, 0.6) is 0 Å². The summed E-state index contributed by atoms with van der Waals surface area (Å²) >= 11 is 0. The quantitative estimate of drug-likeness (QED) is 0.667. The maximum atomic E-state index is 12.4. The van der Waals surface area contributed by atoms with Gasteiger partial charge >= 0.3 is 6.09 Å². The first-order valence-electron chi connectivity index (χ1n) is 7.73. The molecule has 0 fully saturated rings. The highest BCUT2D eigenvalue weighted by atomic mass is 16.6. The van der Waals surface area contributed by atoms with Crippen molar-refractivity contribution < 1.29 is 9.53 Å². The van der Waals surface area contributed by atoms with Gasteiger partial charge in [0.15, 0.2) is 0 Å². The number of ether oxygens (including phenoxy) is 1. The Balaban J connectivity index is 2.20. The molecule has 0 aromatic heterocycles. The highest BCUT2D eigenvalue weighted by molar-refractivity contribution is 5.72. The number of benzene rings is 1. The van der Waals surface area contributed by atoms with E-state index in [9.17, 15) is 4.79 Å². The topological polar surface area (TPSA) is 29.5 Å². The summed E-state index contributed by atoms with van der Waals surface area (Å²) in [6.45, 7) is 6.29. The summed E-state index contributed by atoms with van der Waals surface area (Å²) in [5.74, 6) is 6.25. The van der Waals surface area contributed by atoms with Crippen LogP contribution in [0.15, 0.2) is 42.1 Å². The summed E-state index contributed by atoms with van der Waals surface area (Å²) < 4.78 is 5.49. The predicted octanol–water partition coefficient (Wildman–Crippen LogP) is 4.34. The van der Waals surface area contributed by atoms with E-state index >= 15 is 0 Å². The molecular weight excluding hydrogens is 274 g/mol. The standard InChI is InChI=1S/C19H23NO2/c1-19(2,3)22-18(21)20-15-9-5-8-12-17(20)14-13-16-10-6-4-7-11-16/h4,6-7,10-12H,5,8-9,15H2,1-3H3. The first-order chi connectivity index (χ1) is 10.5. The van der Waals surface area contributed by atoms with Gasteiger partial charge in [0.05, 0.1) is 5.70 Å². The van der Waals surface area contributed by atoms with Crippen LogP contribution in [0.4, 0.5) is 4.79 Å². The predicted molar refractivity (Wildman–Crippen MR) is 88.2 cm³/mol. The van der Waals surface area contributed by atoms with Gasteiger partial charge in [-0.25, -0.2) is 4.79 Å². The molecule has 0 saturated heterocycles. The monoisotopic (exact) mass is 297 g/mol. The number of nitrogens with zero attached hydrogens (tertiary/aromatic N) is 1. The molecular formula is C19H23NO2. The van der Waals surface area contributed by atoms with Crippen molar-refractivity contribution in [2.24, 2.45) is 0 Å². The van der Waals surface area contributed by atoms with Crippen LogP contribution in [-0.4, -0.2) is 23.1 Å². The molecule has 0 atom stereocenters. The summed E-state index contributed by atoms with van der Waals surface area (Å²) in [4.78, 5) is 14.0. The lowest BCUT2D eigenvalue weighted by molar-refractivity contribution is 0.0323. The molecule has 1 aromatic rings. The molecule has 0 radical (unpaired) electrons. The van der Waals surface area contributed by atoms with E-state index in [0.29, 0.717) is 6.54 Å². The molecule has 1 aliphatic rings. The van der Waals surface area contributed by atoms with Gasteiger partial charge in [0.1, 0.15) is 5.60 Å². The number of carbonyl (C=O) groups excluding carboxylic acids is 1. The van der Waals surface area contributed by atoms with Crippen LogP contribution in [0.3, 0.4) is 0 Å². The van der Waals surface area contributed by atoms with Crippen molar-refractivity contribution in [3.8, 4) is 11.8 Å². The van der Waals surface area contributed by atoms with Gasteiger partial charge in [-0.3, -0.25) is 4.90 Å². The van der Waals surface area contributed by atoms with Gasteiger partial charge < -0.3 is 4.74 Å². The second-order valence-electron chi connectivity index (χ2n) is 6.33. The molecule has 0 aliphatic carbocycles. The van der Waals surface area contributed by atoms with Crippen LogP contribution in [0.2, 0.25) is 0 Å². The van der Waals surface area contributed by atoms with Crippen LogP contribution < -0.4 is 0 Å². The summed E-state index contributed by atoms with van der Waals surface area (Å²) in [7, 11) is 0. The third kappa shape index (κ3) is 4.96. The van der Waals surface area contributed by atoms with E-state index in [1.54, 1.807) is 4.90 Å².